The van der Waals surface area contributed by atoms with Crippen LogP contribution in [-0.4, -0.2) is 51.6 Å². The lowest BCUT2D eigenvalue weighted by molar-refractivity contribution is -0.0579. The van der Waals surface area contributed by atoms with Gasteiger partial charge in [-0.15, -0.1) is 0 Å². The molecule has 2 aliphatic heterocycles. The average molecular weight is 565 g/mol. The normalized spacial score (nSPS) is 26.6. The van der Waals surface area contributed by atoms with E-state index in [1.54, 1.807) is 30.1 Å². The van der Waals surface area contributed by atoms with E-state index in [1.807, 2.05) is 0 Å². The van der Waals surface area contributed by atoms with E-state index < -0.39 is 36.0 Å². The van der Waals surface area contributed by atoms with Gasteiger partial charge in [0.05, 0.1) is 23.4 Å². The molecule has 2 unspecified atom stereocenters. The van der Waals surface area contributed by atoms with Crippen LogP contribution in [0.25, 0.3) is 10.9 Å². The third kappa shape index (κ3) is 3.97. The predicted molar refractivity (Wildman–Crippen MR) is 139 cm³/mol. The fourth-order valence-corrected chi connectivity index (χ4v) is 6.29. The summed E-state index contributed by atoms with van der Waals surface area (Å²) in [6.45, 7) is -0.705. The Morgan fingerprint density at radius 1 is 1.21 bits per heavy atom. The molecule has 0 amide bonds. The van der Waals surface area contributed by atoms with E-state index in [1.165, 1.54) is 10.8 Å². The van der Waals surface area contributed by atoms with Crippen molar-refractivity contribution < 1.29 is 22.3 Å². The number of fused-ring (bicyclic) bond motifs is 5. The van der Waals surface area contributed by atoms with Gasteiger partial charge in [-0.25, -0.2) is 22.5 Å². The first-order chi connectivity index (χ1) is 18.5. The lowest BCUT2D eigenvalue weighted by atomic mass is 10.0. The summed E-state index contributed by atoms with van der Waals surface area (Å²) in [4.78, 5) is 23.6. The molecule has 1 saturated heterocycles. The lowest BCUT2D eigenvalue weighted by Crippen LogP contribution is -2.44. The molecule has 39 heavy (non-hydrogen) atoms. The number of hydrogen-bond acceptors (Lipinski definition) is 7. The summed E-state index contributed by atoms with van der Waals surface area (Å²) in [6.07, 6.45) is 2.96. The van der Waals surface area contributed by atoms with Crippen molar-refractivity contribution in [2.75, 3.05) is 28.7 Å². The molecule has 7 rings (SSSR count). The van der Waals surface area contributed by atoms with Gasteiger partial charge in [-0.3, -0.25) is 4.79 Å². The molecule has 206 valence electrons. The number of halogens is 5. The van der Waals surface area contributed by atoms with E-state index in [4.69, 9.17) is 16.3 Å². The summed E-state index contributed by atoms with van der Waals surface area (Å²) in [5, 5.41) is 6.85. The van der Waals surface area contributed by atoms with E-state index in [0.717, 1.165) is 0 Å². The maximum absolute atomic E-state index is 14.9. The van der Waals surface area contributed by atoms with Gasteiger partial charge in [0, 0.05) is 43.0 Å². The standard InChI is InChI=1S/C26H25ClF4N6O2/c1-36-18-5-4-14(7-16(18)19-20(23(36)38)39-11-26(30,31)21(34-19)12-2-3-12)33-22-17(27)9-32-24(35-22)37-10-13-6-15(37)8-25(13,28)29/h4-5,7,9,12-13,15,21,34H,2-3,6,8,10-11H2,1H3,(H,32,33,35)/t13?,15?,21-/m0/s1. The summed E-state index contributed by atoms with van der Waals surface area (Å²) < 4.78 is 64.6. The number of aromatic nitrogens is 3. The number of nitrogens with one attached hydrogen (secondary N) is 2. The minimum Gasteiger partial charge on any atom is -0.480 e. The number of nitrogens with zero attached hydrogens (tertiary/aromatic N) is 4. The van der Waals surface area contributed by atoms with Crippen LogP contribution in [0, 0.1) is 11.8 Å². The molecule has 3 aromatic rings. The first-order valence-corrected chi connectivity index (χ1v) is 13.3. The van der Waals surface area contributed by atoms with Crippen molar-refractivity contribution in [2.24, 2.45) is 18.9 Å². The number of pyridine rings is 1. The molecule has 2 N–H and O–H groups in total. The van der Waals surface area contributed by atoms with Crippen molar-refractivity contribution in [1.29, 1.82) is 0 Å². The van der Waals surface area contributed by atoms with E-state index >= 15 is 0 Å². The Kier molecular flexibility index (Phi) is 5.30. The molecule has 2 bridgehead atoms. The number of aryl methyl sites for hydroxylation is 1. The Morgan fingerprint density at radius 3 is 2.69 bits per heavy atom. The zero-order valence-electron chi connectivity index (χ0n) is 20.9. The highest BCUT2D eigenvalue weighted by molar-refractivity contribution is 6.33. The molecule has 4 heterocycles. The van der Waals surface area contributed by atoms with E-state index in [9.17, 15) is 22.4 Å². The summed E-state index contributed by atoms with van der Waals surface area (Å²) in [5.41, 5.74) is 0.787. The van der Waals surface area contributed by atoms with Crippen molar-refractivity contribution >= 4 is 45.6 Å². The molecule has 0 spiro atoms. The van der Waals surface area contributed by atoms with Crippen LogP contribution >= 0.6 is 11.6 Å². The van der Waals surface area contributed by atoms with Gasteiger partial charge < -0.3 is 24.8 Å². The highest BCUT2D eigenvalue weighted by Gasteiger charge is 2.56. The summed E-state index contributed by atoms with van der Waals surface area (Å²) >= 11 is 6.38. The number of hydrogen-bond donors (Lipinski definition) is 2. The quantitative estimate of drug-likeness (QED) is 0.423. The molecule has 3 fully saturated rings. The summed E-state index contributed by atoms with van der Waals surface area (Å²) in [5.74, 6) is -6.29. The van der Waals surface area contributed by atoms with Crippen LogP contribution in [0.5, 0.6) is 5.75 Å². The third-order valence-electron chi connectivity index (χ3n) is 8.38. The van der Waals surface area contributed by atoms with E-state index in [2.05, 4.69) is 20.6 Å². The Hall–Kier alpha value is -3.28. The van der Waals surface area contributed by atoms with Crippen LogP contribution in [0.4, 0.5) is 40.7 Å². The molecule has 2 aliphatic carbocycles. The molecule has 3 atom stereocenters. The number of rotatable bonds is 4. The molecule has 4 aliphatic rings. The second-order valence-corrected chi connectivity index (χ2v) is 11.4. The van der Waals surface area contributed by atoms with Gasteiger partial charge in [0.25, 0.3) is 11.5 Å². The van der Waals surface area contributed by atoms with Gasteiger partial charge in [0.2, 0.25) is 11.7 Å². The smallest absolute Gasteiger partial charge is 0.301 e. The average Bonchev–Trinajstić information content (AvgIpc) is 3.59. The maximum atomic E-state index is 14.9. The Morgan fingerprint density at radius 2 is 2.00 bits per heavy atom. The predicted octanol–water partition coefficient (Wildman–Crippen LogP) is 5.18. The Bertz CT molecular complexity index is 1560. The highest BCUT2D eigenvalue weighted by Crippen LogP contribution is 2.49. The Labute approximate surface area is 225 Å². The lowest BCUT2D eigenvalue weighted by Gasteiger charge is -2.31. The third-order valence-corrected chi connectivity index (χ3v) is 8.66. The highest BCUT2D eigenvalue weighted by atomic mass is 35.5. The van der Waals surface area contributed by atoms with Crippen molar-refractivity contribution in [3.8, 4) is 5.75 Å². The first kappa shape index (κ1) is 24.7. The second kappa shape index (κ2) is 8.36. The number of piperidine rings is 1. The number of alkyl halides is 4. The van der Waals surface area contributed by atoms with Crippen LogP contribution < -0.4 is 25.8 Å². The number of benzene rings is 1. The number of anilines is 4. The largest absolute Gasteiger partial charge is 0.480 e. The molecule has 13 heteroatoms. The summed E-state index contributed by atoms with van der Waals surface area (Å²) in [6, 6.07) is 3.66. The van der Waals surface area contributed by atoms with Gasteiger partial charge in [-0.2, -0.15) is 4.98 Å². The molecular weight excluding hydrogens is 540 g/mol. The van der Waals surface area contributed by atoms with Crippen LogP contribution in [0.2, 0.25) is 5.02 Å². The molecule has 8 nitrogen and oxygen atoms in total. The second-order valence-electron chi connectivity index (χ2n) is 11.0. The van der Waals surface area contributed by atoms with E-state index in [0.29, 0.717) is 41.8 Å². The van der Waals surface area contributed by atoms with Crippen LogP contribution in [0.3, 0.4) is 0 Å². The van der Waals surface area contributed by atoms with Crippen molar-refractivity contribution in [3.05, 3.63) is 39.8 Å². The molecule has 2 saturated carbocycles. The van der Waals surface area contributed by atoms with Gasteiger partial charge in [-0.1, -0.05) is 11.6 Å². The SMILES string of the molecule is Cn1c(=O)c2c(c3cc(Nc4nc(N5CC6CC5CC6(F)F)ncc4Cl)ccc31)N[C@@H](C1CC1)C(F)(F)CO2. The van der Waals surface area contributed by atoms with Crippen LogP contribution in [0.15, 0.2) is 29.2 Å². The molecular formula is C26H25ClF4N6O2. The van der Waals surface area contributed by atoms with Crippen LogP contribution in [0.1, 0.15) is 25.7 Å². The molecule has 2 aromatic heterocycles. The minimum absolute atomic E-state index is 0.145. The van der Waals surface area contributed by atoms with Gasteiger partial charge in [-0.05, 0) is 43.4 Å². The molecule has 0 radical (unpaired) electrons. The first-order valence-electron chi connectivity index (χ1n) is 12.9. The zero-order valence-corrected chi connectivity index (χ0v) is 21.6. The van der Waals surface area contributed by atoms with Crippen molar-refractivity contribution in [1.82, 2.24) is 14.5 Å². The maximum Gasteiger partial charge on any atom is 0.301 e. The zero-order chi connectivity index (χ0) is 27.3. The summed E-state index contributed by atoms with van der Waals surface area (Å²) in [7, 11) is 1.56. The number of ether oxygens (including phenoxy) is 1. The van der Waals surface area contributed by atoms with Crippen molar-refractivity contribution in [3.63, 3.8) is 0 Å². The van der Waals surface area contributed by atoms with Gasteiger partial charge in [0.1, 0.15) is 5.02 Å². The molecule has 1 aromatic carbocycles. The minimum atomic E-state index is -3.14. The monoisotopic (exact) mass is 564 g/mol. The van der Waals surface area contributed by atoms with Crippen molar-refractivity contribution in [2.45, 2.75) is 49.6 Å². The topological polar surface area (TPSA) is 84.3 Å². The van der Waals surface area contributed by atoms with Gasteiger partial charge in [0.15, 0.2) is 12.4 Å². The fourth-order valence-electron chi connectivity index (χ4n) is 6.15. The van der Waals surface area contributed by atoms with E-state index in [-0.39, 0.29) is 47.2 Å². The van der Waals surface area contributed by atoms with Gasteiger partial charge >= 0.3 is 5.92 Å². The Balaban J connectivity index is 1.25. The fraction of sp³-hybridized carbons (Fsp3) is 0.500. The van der Waals surface area contributed by atoms with Crippen LogP contribution in [-0.2, 0) is 7.05 Å².